The molecule has 0 amide bonds. The van der Waals surface area contributed by atoms with Gasteiger partial charge in [0.1, 0.15) is 17.4 Å². The molecule has 0 atom stereocenters. The average molecular weight is 219 g/mol. The Labute approximate surface area is 83.1 Å². The highest BCUT2D eigenvalue weighted by Crippen LogP contribution is 2.08. The Morgan fingerprint density at radius 3 is 2.36 bits per heavy atom. The summed E-state index contributed by atoms with van der Waals surface area (Å²) >= 11 is 0.367. The molecule has 0 unspecified atom stereocenters. The molecule has 0 N–H and O–H groups in total. The van der Waals surface area contributed by atoms with Gasteiger partial charge in [0, 0.05) is 0 Å². The van der Waals surface area contributed by atoms with Crippen LogP contribution >= 0.6 is 11.8 Å². The van der Waals surface area contributed by atoms with E-state index in [0.29, 0.717) is 15.8 Å². The van der Waals surface area contributed by atoms with Gasteiger partial charge in [-0.25, -0.2) is 9.59 Å². The number of ether oxygens (including phenoxy) is 1. The lowest BCUT2D eigenvalue weighted by Gasteiger charge is -2.18. The fourth-order valence-electron chi connectivity index (χ4n) is 0.640. The minimum atomic E-state index is -1.07. The maximum atomic E-state index is 11.2. The molecule has 6 nitrogen and oxygen atoms in total. The highest BCUT2D eigenvalue weighted by Gasteiger charge is 2.21. The number of nitrogens with zero attached hydrogens (tertiary/aromatic N) is 1. The minimum absolute atomic E-state index is 0.367. The first-order valence-corrected chi connectivity index (χ1v) is 4.47. The molecule has 0 aromatic carbocycles. The summed E-state index contributed by atoms with van der Waals surface area (Å²) in [6.07, 6.45) is -0.904. The monoisotopic (exact) mass is 219 g/mol. The molecule has 0 radical (unpaired) electrons. The lowest BCUT2D eigenvalue weighted by atomic mass is 10.2. The Bertz CT molecular complexity index is 446. The van der Waals surface area contributed by atoms with Crippen LogP contribution in [0.3, 0.4) is 0 Å². The second-order valence-corrected chi connectivity index (χ2v) is 4.21. The number of carbonyl (C=O) groups excluding carboxylic acids is 1. The molecular weight excluding hydrogens is 210 g/mol. The third-order valence-corrected chi connectivity index (χ3v) is 1.80. The highest BCUT2D eigenvalue weighted by atomic mass is 32.1. The van der Waals surface area contributed by atoms with Crippen LogP contribution in [0.15, 0.2) is 13.4 Å². The molecule has 0 aliphatic rings. The standard InChI is InChI=1S/C7H9NO5S/c1-7(2,3)12-6(11)8-4(9)5(10)13-14-8/h1-3H3. The molecule has 0 saturated carbocycles. The van der Waals surface area contributed by atoms with Crippen LogP contribution in [-0.2, 0) is 4.74 Å². The molecule has 14 heavy (non-hydrogen) atoms. The van der Waals surface area contributed by atoms with Crippen molar-refractivity contribution in [1.82, 2.24) is 3.96 Å². The summed E-state index contributed by atoms with van der Waals surface area (Å²) in [5.74, 6) is 0. The van der Waals surface area contributed by atoms with Crippen molar-refractivity contribution >= 4 is 17.9 Å². The van der Waals surface area contributed by atoms with Crippen LogP contribution in [-0.4, -0.2) is 15.7 Å². The summed E-state index contributed by atoms with van der Waals surface area (Å²) in [6, 6.07) is 0. The Morgan fingerprint density at radius 1 is 1.43 bits per heavy atom. The fourth-order valence-corrected chi connectivity index (χ4v) is 1.09. The average Bonchev–Trinajstić information content (AvgIpc) is 2.29. The smallest absolute Gasteiger partial charge is 0.433 e. The first-order valence-electron chi connectivity index (χ1n) is 3.77. The molecule has 0 aliphatic heterocycles. The predicted octanol–water partition coefficient (Wildman–Crippen LogP) is 0.646. The van der Waals surface area contributed by atoms with Crippen LogP contribution in [0.2, 0.25) is 0 Å². The summed E-state index contributed by atoms with van der Waals surface area (Å²) in [4.78, 5) is 32.8. The van der Waals surface area contributed by atoms with Crippen molar-refractivity contribution in [2.24, 2.45) is 0 Å². The van der Waals surface area contributed by atoms with Crippen molar-refractivity contribution < 1.29 is 13.4 Å². The van der Waals surface area contributed by atoms with E-state index in [1.807, 2.05) is 0 Å². The quantitative estimate of drug-likeness (QED) is 0.598. The Morgan fingerprint density at radius 2 is 2.00 bits per heavy atom. The zero-order valence-corrected chi connectivity index (χ0v) is 8.71. The maximum Gasteiger partial charge on any atom is 0.433 e. The van der Waals surface area contributed by atoms with Gasteiger partial charge in [0.05, 0.1) is 0 Å². The second kappa shape index (κ2) is 3.41. The van der Waals surface area contributed by atoms with Crippen molar-refractivity contribution in [3.63, 3.8) is 0 Å². The van der Waals surface area contributed by atoms with Crippen molar-refractivity contribution in [3.8, 4) is 0 Å². The van der Waals surface area contributed by atoms with Crippen LogP contribution in [0.5, 0.6) is 0 Å². The van der Waals surface area contributed by atoms with Gasteiger partial charge in [0.25, 0.3) is 0 Å². The molecule has 0 aliphatic carbocycles. The number of aromatic nitrogens is 1. The van der Waals surface area contributed by atoms with Crippen LogP contribution in [0.4, 0.5) is 4.79 Å². The highest BCUT2D eigenvalue weighted by molar-refractivity contribution is 6.98. The largest absolute Gasteiger partial charge is 0.442 e. The van der Waals surface area contributed by atoms with Crippen molar-refractivity contribution in [1.29, 1.82) is 0 Å². The molecule has 1 rings (SSSR count). The minimum Gasteiger partial charge on any atom is -0.442 e. The van der Waals surface area contributed by atoms with Crippen molar-refractivity contribution in [2.75, 3.05) is 0 Å². The first kappa shape index (κ1) is 10.7. The van der Waals surface area contributed by atoms with Gasteiger partial charge >= 0.3 is 17.3 Å². The zero-order chi connectivity index (χ0) is 10.9. The number of rotatable bonds is 0. The van der Waals surface area contributed by atoms with Gasteiger partial charge in [-0.15, -0.1) is 3.96 Å². The number of hydrogen-bond donors (Lipinski definition) is 0. The van der Waals surface area contributed by atoms with E-state index < -0.39 is 22.9 Å². The van der Waals surface area contributed by atoms with E-state index in [-0.39, 0.29) is 0 Å². The first-order chi connectivity index (χ1) is 6.31. The summed E-state index contributed by atoms with van der Waals surface area (Å²) in [7, 11) is 0. The molecule has 78 valence electrons. The molecule has 1 heterocycles. The molecule has 0 bridgehead atoms. The third-order valence-electron chi connectivity index (χ3n) is 1.11. The van der Waals surface area contributed by atoms with Crippen molar-refractivity contribution in [3.05, 3.63) is 20.8 Å². The summed E-state index contributed by atoms with van der Waals surface area (Å²) in [6.45, 7) is 4.95. The van der Waals surface area contributed by atoms with Crippen LogP contribution in [0, 0.1) is 0 Å². The molecule has 7 heteroatoms. The normalized spacial score (nSPS) is 11.4. The van der Waals surface area contributed by atoms with E-state index in [1.54, 1.807) is 20.8 Å². The van der Waals surface area contributed by atoms with Gasteiger partial charge in [0.2, 0.25) is 0 Å². The van der Waals surface area contributed by atoms with Crippen LogP contribution in [0.25, 0.3) is 0 Å². The van der Waals surface area contributed by atoms with Gasteiger partial charge < -0.3 is 8.59 Å². The van der Waals surface area contributed by atoms with Gasteiger partial charge in [-0.2, -0.15) is 0 Å². The van der Waals surface area contributed by atoms with E-state index in [2.05, 4.69) is 3.85 Å². The molecular formula is C7H9NO5S. The summed E-state index contributed by atoms with van der Waals surface area (Å²) in [5.41, 5.74) is -2.81. The van der Waals surface area contributed by atoms with Gasteiger partial charge in [-0.05, 0) is 20.8 Å². The molecule has 1 aromatic rings. The molecule has 0 saturated heterocycles. The van der Waals surface area contributed by atoms with E-state index >= 15 is 0 Å². The molecule has 0 spiro atoms. The van der Waals surface area contributed by atoms with E-state index in [0.717, 1.165) is 0 Å². The topological polar surface area (TPSA) is 78.5 Å². The van der Waals surface area contributed by atoms with Gasteiger partial charge in [-0.1, -0.05) is 0 Å². The third kappa shape index (κ3) is 2.32. The lowest BCUT2D eigenvalue weighted by Crippen LogP contribution is -2.34. The van der Waals surface area contributed by atoms with Gasteiger partial charge in [-0.3, -0.25) is 4.79 Å². The van der Waals surface area contributed by atoms with E-state index in [9.17, 15) is 14.4 Å². The lowest BCUT2D eigenvalue weighted by molar-refractivity contribution is 0.0550. The molecule has 0 fully saturated rings. The zero-order valence-electron chi connectivity index (χ0n) is 7.90. The Balaban J connectivity index is 2.97. The molecule has 1 aromatic heterocycles. The van der Waals surface area contributed by atoms with E-state index in [1.165, 1.54) is 0 Å². The predicted molar refractivity (Wildman–Crippen MR) is 48.7 cm³/mol. The fraction of sp³-hybridized carbons (Fsp3) is 0.571. The van der Waals surface area contributed by atoms with Gasteiger partial charge in [0.15, 0.2) is 0 Å². The summed E-state index contributed by atoms with van der Waals surface area (Å²) in [5, 5.41) is 0. The number of hydrogen-bond acceptors (Lipinski definition) is 6. The summed E-state index contributed by atoms with van der Waals surface area (Å²) < 4.78 is 9.66. The van der Waals surface area contributed by atoms with Crippen LogP contribution in [0.1, 0.15) is 20.8 Å². The van der Waals surface area contributed by atoms with Crippen LogP contribution < -0.4 is 11.2 Å². The maximum absolute atomic E-state index is 11.2. The van der Waals surface area contributed by atoms with Crippen molar-refractivity contribution in [2.45, 2.75) is 26.4 Å². The van der Waals surface area contributed by atoms with E-state index in [4.69, 9.17) is 4.74 Å². The number of carbonyl (C=O) groups is 1. The second-order valence-electron chi connectivity index (χ2n) is 3.53. The Hall–Kier alpha value is -1.37. The Kier molecular flexibility index (Phi) is 2.61. The SMILES string of the molecule is CC(C)(C)OC(=O)n1soc(=O)c1=O.